The summed E-state index contributed by atoms with van der Waals surface area (Å²) in [6.07, 6.45) is 0. The highest BCUT2D eigenvalue weighted by atomic mass is 35.5. The highest BCUT2D eigenvalue weighted by molar-refractivity contribution is 7.92. The van der Waals surface area contributed by atoms with Gasteiger partial charge in [-0.25, -0.2) is 8.42 Å². The van der Waals surface area contributed by atoms with E-state index in [0.29, 0.717) is 23.8 Å². The van der Waals surface area contributed by atoms with Crippen molar-refractivity contribution < 1.29 is 13.2 Å². The molecule has 0 aromatic heterocycles. The maximum absolute atomic E-state index is 13.3. The number of benzene rings is 2. The Balaban J connectivity index is 1.93. The van der Waals surface area contributed by atoms with Gasteiger partial charge in [0.05, 0.1) is 10.6 Å². The van der Waals surface area contributed by atoms with Crippen LogP contribution < -0.4 is 4.31 Å². The quantitative estimate of drug-likeness (QED) is 0.744. The van der Waals surface area contributed by atoms with Crippen LogP contribution in [0, 0.1) is 6.92 Å². The standard InChI is InChI=1S/C20H24ClN3O3S/c1-16-4-3-5-18(14-16)24(15-20(25)23-12-10-22(2)11-13-23)28(26,27)19-8-6-17(21)7-9-19/h3-9,14H,10-13,15H2,1-2H3. The molecule has 2 aromatic rings. The maximum atomic E-state index is 13.3. The first-order valence-corrected chi connectivity index (χ1v) is 10.9. The molecule has 6 nitrogen and oxygen atoms in total. The van der Waals surface area contributed by atoms with E-state index in [0.717, 1.165) is 18.7 Å². The van der Waals surface area contributed by atoms with Gasteiger partial charge in [-0.1, -0.05) is 23.7 Å². The first-order chi connectivity index (χ1) is 13.3. The third kappa shape index (κ3) is 4.66. The molecule has 0 bridgehead atoms. The summed E-state index contributed by atoms with van der Waals surface area (Å²) in [5, 5.41) is 0.453. The molecule has 0 aliphatic carbocycles. The van der Waals surface area contributed by atoms with E-state index in [-0.39, 0.29) is 17.3 Å². The summed E-state index contributed by atoms with van der Waals surface area (Å²) in [5.74, 6) is -0.202. The molecule has 0 radical (unpaired) electrons. The van der Waals surface area contributed by atoms with Gasteiger partial charge >= 0.3 is 0 Å². The van der Waals surface area contributed by atoms with Crippen molar-refractivity contribution in [1.82, 2.24) is 9.80 Å². The molecule has 8 heteroatoms. The number of likely N-dealkylation sites (N-methyl/N-ethyl adjacent to an activating group) is 1. The van der Waals surface area contributed by atoms with Crippen LogP contribution in [0.5, 0.6) is 0 Å². The van der Waals surface area contributed by atoms with Crippen molar-refractivity contribution in [3.05, 3.63) is 59.1 Å². The molecule has 28 heavy (non-hydrogen) atoms. The summed E-state index contributed by atoms with van der Waals surface area (Å²) in [6, 6.07) is 13.1. The van der Waals surface area contributed by atoms with Crippen molar-refractivity contribution in [2.75, 3.05) is 44.1 Å². The minimum absolute atomic E-state index is 0.101. The molecule has 0 atom stereocenters. The lowest BCUT2D eigenvalue weighted by Crippen LogP contribution is -2.50. The van der Waals surface area contributed by atoms with E-state index < -0.39 is 10.0 Å². The Morgan fingerprint density at radius 1 is 1.07 bits per heavy atom. The SMILES string of the molecule is Cc1cccc(N(CC(=O)N2CCN(C)CC2)S(=O)(=O)c2ccc(Cl)cc2)c1. The monoisotopic (exact) mass is 421 g/mol. The molecular weight excluding hydrogens is 398 g/mol. The predicted octanol–water partition coefficient (Wildman–Crippen LogP) is 2.62. The molecular formula is C20H24ClN3O3S. The van der Waals surface area contributed by atoms with E-state index >= 15 is 0 Å². The highest BCUT2D eigenvalue weighted by Crippen LogP contribution is 2.25. The summed E-state index contributed by atoms with van der Waals surface area (Å²) < 4.78 is 27.8. The molecule has 1 amide bonds. The van der Waals surface area contributed by atoms with Crippen LogP contribution in [0.25, 0.3) is 0 Å². The molecule has 2 aromatic carbocycles. The summed E-state index contributed by atoms with van der Waals surface area (Å²) in [4.78, 5) is 16.9. The van der Waals surface area contributed by atoms with E-state index in [9.17, 15) is 13.2 Å². The van der Waals surface area contributed by atoms with Crippen molar-refractivity contribution in [1.29, 1.82) is 0 Å². The van der Waals surface area contributed by atoms with Crippen LogP contribution in [0.4, 0.5) is 5.69 Å². The van der Waals surface area contributed by atoms with Crippen LogP contribution in [0.2, 0.25) is 5.02 Å². The molecule has 1 aliphatic heterocycles. The fourth-order valence-electron chi connectivity index (χ4n) is 3.11. The molecule has 0 spiro atoms. The second kappa shape index (κ2) is 8.51. The average Bonchev–Trinajstić information content (AvgIpc) is 2.66. The minimum atomic E-state index is -3.92. The fraction of sp³-hybridized carbons (Fsp3) is 0.350. The maximum Gasteiger partial charge on any atom is 0.264 e. The lowest BCUT2D eigenvalue weighted by Gasteiger charge is -2.34. The second-order valence-electron chi connectivity index (χ2n) is 6.99. The van der Waals surface area contributed by atoms with Crippen LogP contribution in [0.3, 0.4) is 0 Å². The van der Waals surface area contributed by atoms with Crippen molar-refractivity contribution in [2.24, 2.45) is 0 Å². The van der Waals surface area contributed by atoms with Crippen molar-refractivity contribution in [3.8, 4) is 0 Å². The Hall–Kier alpha value is -2.09. The highest BCUT2D eigenvalue weighted by Gasteiger charge is 2.30. The Morgan fingerprint density at radius 2 is 1.71 bits per heavy atom. The number of rotatable bonds is 5. The Labute approximate surface area is 171 Å². The van der Waals surface area contributed by atoms with Gasteiger partial charge in [0.15, 0.2) is 0 Å². The van der Waals surface area contributed by atoms with Gasteiger partial charge < -0.3 is 9.80 Å². The van der Waals surface area contributed by atoms with E-state index in [1.54, 1.807) is 23.1 Å². The Bertz CT molecular complexity index is 939. The van der Waals surface area contributed by atoms with Gasteiger partial charge in [-0.05, 0) is 55.9 Å². The zero-order valence-corrected chi connectivity index (χ0v) is 17.6. The van der Waals surface area contributed by atoms with E-state index in [2.05, 4.69) is 4.90 Å². The fourth-order valence-corrected chi connectivity index (χ4v) is 4.64. The van der Waals surface area contributed by atoms with Gasteiger partial charge in [-0.2, -0.15) is 0 Å². The summed E-state index contributed by atoms with van der Waals surface area (Å²) >= 11 is 5.90. The number of piperazine rings is 1. The van der Waals surface area contributed by atoms with Gasteiger partial charge in [0.25, 0.3) is 10.0 Å². The molecule has 0 N–H and O–H groups in total. The number of anilines is 1. The van der Waals surface area contributed by atoms with E-state index in [4.69, 9.17) is 11.6 Å². The lowest BCUT2D eigenvalue weighted by atomic mass is 10.2. The number of carbonyl (C=O) groups is 1. The number of amides is 1. The first kappa shape index (κ1) is 20.6. The van der Waals surface area contributed by atoms with Crippen LogP contribution in [-0.4, -0.2) is 63.9 Å². The van der Waals surface area contributed by atoms with Crippen LogP contribution >= 0.6 is 11.6 Å². The molecule has 3 rings (SSSR count). The van der Waals surface area contributed by atoms with E-state index in [1.165, 1.54) is 28.6 Å². The van der Waals surface area contributed by atoms with E-state index in [1.807, 2.05) is 20.0 Å². The first-order valence-electron chi connectivity index (χ1n) is 9.08. The predicted molar refractivity (Wildman–Crippen MR) is 111 cm³/mol. The number of hydrogen-bond donors (Lipinski definition) is 0. The van der Waals surface area contributed by atoms with Crippen molar-refractivity contribution >= 4 is 33.2 Å². The largest absolute Gasteiger partial charge is 0.339 e. The number of halogens is 1. The number of nitrogens with zero attached hydrogens (tertiary/aromatic N) is 3. The summed E-state index contributed by atoms with van der Waals surface area (Å²) in [6.45, 7) is 4.40. The molecule has 0 unspecified atom stereocenters. The van der Waals surface area contributed by atoms with Crippen LogP contribution in [-0.2, 0) is 14.8 Å². The summed E-state index contributed by atoms with van der Waals surface area (Å²) in [7, 11) is -1.91. The van der Waals surface area contributed by atoms with Crippen molar-refractivity contribution in [2.45, 2.75) is 11.8 Å². The molecule has 1 saturated heterocycles. The van der Waals surface area contributed by atoms with Crippen molar-refractivity contribution in [3.63, 3.8) is 0 Å². The topological polar surface area (TPSA) is 60.9 Å². The molecule has 1 fully saturated rings. The van der Waals surface area contributed by atoms with Gasteiger partial charge in [-0.3, -0.25) is 9.10 Å². The molecule has 0 saturated carbocycles. The van der Waals surface area contributed by atoms with Crippen LogP contribution in [0.1, 0.15) is 5.56 Å². The van der Waals surface area contributed by atoms with Gasteiger partial charge in [0, 0.05) is 31.2 Å². The zero-order chi connectivity index (χ0) is 20.3. The summed E-state index contributed by atoms with van der Waals surface area (Å²) in [5.41, 5.74) is 1.39. The number of sulfonamides is 1. The third-order valence-corrected chi connectivity index (χ3v) is 6.87. The number of carbonyl (C=O) groups excluding carboxylic acids is 1. The number of hydrogen-bond acceptors (Lipinski definition) is 4. The van der Waals surface area contributed by atoms with Gasteiger partial charge in [0.1, 0.15) is 6.54 Å². The Morgan fingerprint density at radius 3 is 2.32 bits per heavy atom. The molecule has 1 heterocycles. The average molecular weight is 422 g/mol. The number of aryl methyl sites for hydroxylation is 1. The zero-order valence-electron chi connectivity index (χ0n) is 16.0. The third-order valence-electron chi connectivity index (χ3n) is 4.83. The lowest BCUT2D eigenvalue weighted by molar-refractivity contribution is -0.131. The second-order valence-corrected chi connectivity index (χ2v) is 9.29. The van der Waals surface area contributed by atoms with Gasteiger partial charge in [-0.15, -0.1) is 0 Å². The van der Waals surface area contributed by atoms with Crippen LogP contribution in [0.15, 0.2) is 53.4 Å². The minimum Gasteiger partial charge on any atom is -0.339 e. The molecule has 150 valence electrons. The molecule has 1 aliphatic rings. The van der Waals surface area contributed by atoms with Gasteiger partial charge in [0.2, 0.25) is 5.91 Å². The smallest absolute Gasteiger partial charge is 0.264 e. The Kier molecular flexibility index (Phi) is 6.27. The normalized spacial score (nSPS) is 15.5.